The van der Waals surface area contributed by atoms with Gasteiger partial charge in [-0.2, -0.15) is 17.7 Å². The van der Waals surface area contributed by atoms with E-state index in [4.69, 9.17) is 10.5 Å². The number of aromatic nitrogens is 4. The van der Waals surface area contributed by atoms with E-state index in [-0.39, 0.29) is 5.91 Å². The molecule has 0 saturated carbocycles. The number of nitrogens with zero attached hydrogens (tertiary/aromatic N) is 4. The van der Waals surface area contributed by atoms with E-state index in [1.807, 2.05) is 59.5 Å². The van der Waals surface area contributed by atoms with E-state index in [2.05, 4.69) is 32.8 Å². The number of para-hydroxylation sites is 1. The Kier molecular flexibility index (Phi) is 7.98. The molecule has 0 unspecified atom stereocenters. The Balaban J connectivity index is 0.000000210. The topological polar surface area (TPSA) is 110 Å². The Morgan fingerprint density at radius 1 is 1.00 bits per heavy atom. The number of thiol groups is 1. The van der Waals surface area contributed by atoms with Gasteiger partial charge in [-0.15, -0.1) is 0 Å². The van der Waals surface area contributed by atoms with Crippen LogP contribution in [0.2, 0.25) is 0 Å². The number of nitrogens with two attached hydrogens (primary N) is 1. The number of aromatic amines is 1. The van der Waals surface area contributed by atoms with Gasteiger partial charge < -0.3 is 15.4 Å². The maximum atomic E-state index is 11.3. The van der Waals surface area contributed by atoms with Crippen molar-refractivity contribution in [3.8, 4) is 22.8 Å². The lowest BCUT2D eigenvalue weighted by atomic mass is 10.1. The highest BCUT2D eigenvalue weighted by atomic mass is 32.1. The van der Waals surface area contributed by atoms with Crippen LogP contribution in [0.1, 0.15) is 25.7 Å². The molecule has 5 rings (SSSR count). The van der Waals surface area contributed by atoms with Crippen LogP contribution in [0.4, 0.5) is 5.82 Å². The minimum Gasteiger partial charge on any atom is -0.457 e. The Labute approximate surface area is 204 Å². The number of rotatable bonds is 5. The van der Waals surface area contributed by atoms with Gasteiger partial charge in [-0.1, -0.05) is 18.2 Å². The van der Waals surface area contributed by atoms with Crippen LogP contribution in [-0.2, 0) is 4.79 Å². The Morgan fingerprint density at radius 2 is 1.71 bits per heavy atom. The van der Waals surface area contributed by atoms with E-state index in [9.17, 15) is 4.79 Å². The summed E-state index contributed by atoms with van der Waals surface area (Å²) in [6, 6.07) is 17.3. The number of hydrogen-bond donors (Lipinski definition) is 3. The first-order valence-electron chi connectivity index (χ1n) is 11.3. The summed E-state index contributed by atoms with van der Waals surface area (Å²) in [5.41, 5.74) is 8.22. The minimum atomic E-state index is 0.278. The summed E-state index contributed by atoms with van der Waals surface area (Å²) in [5.74, 6) is 2.91. The molecule has 9 heteroatoms. The number of H-pyrrole nitrogens is 1. The summed E-state index contributed by atoms with van der Waals surface area (Å²) >= 11 is 4.03. The molecule has 0 aliphatic carbocycles. The third kappa shape index (κ3) is 5.85. The summed E-state index contributed by atoms with van der Waals surface area (Å²) in [6.07, 6.45) is 5.64. The first kappa shape index (κ1) is 23.6. The molecule has 1 aliphatic rings. The largest absolute Gasteiger partial charge is 0.457 e. The molecule has 0 radical (unpaired) electrons. The first-order chi connectivity index (χ1) is 16.7. The predicted molar refractivity (Wildman–Crippen MR) is 137 cm³/mol. The number of carbonyl (C=O) groups is 1. The molecule has 3 N–H and O–H groups in total. The van der Waals surface area contributed by atoms with Crippen molar-refractivity contribution in [2.45, 2.75) is 25.7 Å². The van der Waals surface area contributed by atoms with E-state index in [1.165, 1.54) is 25.6 Å². The zero-order chi connectivity index (χ0) is 23.8. The van der Waals surface area contributed by atoms with Crippen molar-refractivity contribution in [1.29, 1.82) is 0 Å². The van der Waals surface area contributed by atoms with Gasteiger partial charge in [0.15, 0.2) is 5.65 Å². The average Bonchev–Trinajstić information content (AvgIpc) is 3.32. The van der Waals surface area contributed by atoms with Crippen LogP contribution < -0.4 is 10.5 Å². The first-order valence-corrected chi connectivity index (χ1v) is 12.0. The van der Waals surface area contributed by atoms with E-state index in [0.717, 1.165) is 41.2 Å². The van der Waals surface area contributed by atoms with Crippen molar-refractivity contribution < 1.29 is 9.53 Å². The van der Waals surface area contributed by atoms with Gasteiger partial charge in [0.25, 0.3) is 0 Å². The number of nitrogens with one attached hydrogen (secondary N) is 1. The fourth-order valence-electron chi connectivity index (χ4n) is 3.80. The minimum absolute atomic E-state index is 0.278. The number of likely N-dealkylation sites (tertiary alicyclic amines) is 1. The molecule has 34 heavy (non-hydrogen) atoms. The molecule has 1 amide bonds. The maximum absolute atomic E-state index is 11.3. The van der Waals surface area contributed by atoms with E-state index in [1.54, 1.807) is 0 Å². The van der Waals surface area contributed by atoms with Crippen LogP contribution in [0.3, 0.4) is 0 Å². The fraction of sp³-hybridized carbons (Fsp3) is 0.280. The molecule has 1 aliphatic heterocycles. The zero-order valence-corrected chi connectivity index (χ0v) is 19.7. The quantitative estimate of drug-likeness (QED) is 0.360. The number of amides is 1. The number of fused-ring (bicyclic) bond motifs is 1. The van der Waals surface area contributed by atoms with Gasteiger partial charge in [0, 0.05) is 25.1 Å². The molecule has 3 heterocycles. The molecular formula is C25H28N6O2S. The third-order valence-corrected chi connectivity index (χ3v) is 5.76. The molecule has 4 aromatic rings. The van der Waals surface area contributed by atoms with Crippen molar-refractivity contribution in [3.63, 3.8) is 0 Å². The van der Waals surface area contributed by atoms with Crippen LogP contribution in [0, 0.1) is 0 Å². The molecule has 0 bridgehead atoms. The summed E-state index contributed by atoms with van der Waals surface area (Å²) in [4.78, 5) is 21.4. The molecular weight excluding hydrogens is 448 g/mol. The van der Waals surface area contributed by atoms with Crippen molar-refractivity contribution in [1.82, 2.24) is 25.1 Å². The van der Waals surface area contributed by atoms with Crippen molar-refractivity contribution >= 4 is 35.4 Å². The lowest BCUT2D eigenvalue weighted by molar-refractivity contribution is -0.131. The summed E-state index contributed by atoms with van der Waals surface area (Å²) in [6.45, 7) is 1.93. The SMILES string of the molecule is Nc1ncnc2n[nH]c(-c3ccc(Oc4ccccc4)cc3)c12.O=C(CCS)N1CCCCC1. The van der Waals surface area contributed by atoms with Crippen molar-refractivity contribution in [2.24, 2.45) is 0 Å². The Morgan fingerprint density at radius 3 is 2.41 bits per heavy atom. The van der Waals surface area contributed by atoms with Crippen LogP contribution in [0.5, 0.6) is 11.5 Å². The Hall–Kier alpha value is -3.59. The molecule has 8 nitrogen and oxygen atoms in total. The highest BCUT2D eigenvalue weighted by Crippen LogP contribution is 2.30. The summed E-state index contributed by atoms with van der Waals surface area (Å²) in [5, 5.41) is 7.85. The zero-order valence-electron chi connectivity index (χ0n) is 18.9. The number of nitrogen functional groups attached to an aromatic ring is 1. The molecule has 2 aromatic heterocycles. The number of carbonyl (C=O) groups excluding carboxylic acids is 1. The highest BCUT2D eigenvalue weighted by Gasteiger charge is 2.15. The van der Waals surface area contributed by atoms with E-state index >= 15 is 0 Å². The van der Waals surface area contributed by atoms with Gasteiger partial charge in [-0.05, 0) is 61.4 Å². The smallest absolute Gasteiger partial charge is 0.223 e. The number of piperidine rings is 1. The van der Waals surface area contributed by atoms with E-state index in [0.29, 0.717) is 23.6 Å². The molecule has 1 fully saturated rings. The van der Waals surface area contributed by atoms with Gasteiger partial charge in [0.2, 0.25) is 5.91 Å². The van der Waals surface area contributed by atoms with Crippen LogP contribution in [0.15, 0.2) is 60.9 Å². The standard InChI is InChI=1S/C17H13N5O.C8H15NOS/c18-16-14-15(21-22-17(14)20-10-19-16)11-6-8-13(9-7-11)23-12-4-2-1-3-5-12;10-8(4-7-11)9-5-2-1-3-6-9/h1-10H,(H3,18,19,20,21,22);11H,1-7H2. The highest BCUT2D eigenvalue weighted by molar-refractivity contribution is 7.80. The van der Waals surface area contributed by atoms with Crippen LogP contribution >= 0.6 is 12.6 Å². The molecule has 0 spiro atoms. The molecule has 0 atom stereocenters. The maximum Gasteiger partial charge on any atom is 0.223 e. The van der Waals surface area contributed by atoms with Gasteiger partial charge in [-0.25, -0.2) is 9.97 Å². The molecule has 176 valence electrons. The number of hydrogen-bond acceptors (Lipinski definition) is 7. The number of ether oxygens (including phenoxy) is 1. The van der Waals surface area contributed by atoms with Gasteiger partial charge in [0.1, 0.15) is 23.6 Å². The number of anilines is 1. The number of benzene rings is 2. The van der Waals surface area contributed by atoms with E-state index < -0.39 is 0 Å². The monoisotopic (exact) mass is 476 g/mol. The second-order valence-electron chi connectivity index (χ2n) is 7.91. The van der Waals surface area contributed by atoms with Gasteiger partial charge >= 0.3 is 0 Å². The fourth-order valence-corrected chi connectivity index (χ4v) is 3.99. The van der Waals surface area contributed by atoms with Crippen LogP contribution in [0.25, 0.3) is 22.3 Å². The lowest BCUT2D eigenvalue weighted by Crippen LogP contribution is -2.35. The second kappa shape index (κ2) is 11.5. The second-order valence-corrected chi connectivity index (χ2v) is 8.36. The lowest BCUT2D eigenvalue weighted by Gasteiger charge is -2.26. The predicted octanol–water partition coefficient (Wildman–Crippen LogP) is 4.71. The summed E-state index contributed by atoms with van der Waals surface area (Å²) < 4.78 is 5.79. The summed E-state index contributed by atoms with van der Waals surface area (Å²) in [7, 11) is 0. The van der Waals surface area contributed by atoms with Crippen molar-refractivity contribution in [2.75, 3.05) is 24.6 Å². The Bertz CT molecular complexity index is 1210. The van der Waals surface area contributed by atoms with Gasteiger partial charge in [-0.3, -0.25) is 9.89 Å². The molecule has 1 saturated heterocycles. The van der Waals surface area contributed by atoms with Gasteiger partial charge in [0.05, 0.1) is 11.1 Å². The van der Waals surface area contributed by atoms with Crippen molar-refractivity contribution in [3.05, 3.63) is 60.9 Å². The van der Waals surface area contributed by atoms with Crippen LogP contribution in [-0.4, -0.2) is 49.8 Å². The average molecular weight is 477 g/mol. The molecule has 2 aromatic carbocycles. The third-order valence-electron chi connectivity index (χ3n) is 5.54. The normalized spacial score (nSPS) is 13.3.